The molecule has 0 amide bonds. The second kappa shape index (κ2) is 4.57. The van der Waals surface area contributed by atoms with Gasteiger partial charge >= 0.3 is 0 Å². The summed E-state index contributed by atoms with van der Waals surface area (Å²) in [6.07, 6.45) is 3.76. The van der Waals surface area contributed by atoms with Gasteiger partial charge in [-0.2, -0.15) is 0 Å². The standard InChI is InChI=1S/C18H26/c1-7-9-18(8-2)15(6)14(5)16-11-12(3)10-13(4)17(16)18/h10-11H,7-9H2,1-6H3. The van der Waals surface area contributed by atoms with Crippen LogP contribution in [0.2, 0.25) is 0 Å². The van der Waals surface area contributed by atoms with E-state index in [1.807, 2.05) is 0 Å². The molecule has 0 heteroatoms. The molecule has 98 valence electrons. The van der Waals surface area contributed by atoms with Crippen molar-refractivity contribution >= 4 is 5.57 Å². The molecule has 0 fully saturated rings. The molecule has 2 rings (SSSR count). The van der Waals surface area contributed by atoms with Gasteiger partial charge in [0, 0.05) is 5.41 Å². The van der Waals surface area contributed by atoms with Crippen molar-refractivity contribution in [1.29, 1.82) is 0 Å². The molecule has 0 nitrogen and oxygen atoms in total. The first kappa shape index (κ1) is 13.4. The van der Waals surface area contributed by atoms with E-state index in [9.17, 15) is 0 Å². The molecule has 1 atom stereocenters. The highest BCUT2D eigenvalue weighted by Gasteiger charge is 2.40. The number of aryl methyl sites for hydroxylation is 2. The van der Waals surface area contributed by atoms with Gasteiger partial charge in [-0.05, 0) is 62.8 Å². The number of benzene rings is 1. The number of hydrogen-bond donors (Lipinski definition) is 0. The lowest BCUT2D eigenvalue weighted by atomic mass is 9.71. The molecule has 1 aliphatic carbocycles. The van der Waals surface area contributed by atoms with Crippen LogP contribution in [0.4, 0.5) is 0 Å². The van der Waals surface area contributed by atoms with Crippen molar-refractivity contribution in [3.8, 4) is 0 Å². The maximum Gasteiger partial charge on any atom is 0.0171 e. The highest BCUT2D eigenvalue weighted by atomic mass is 14.4. The number of fused-ring (bicyclic) bond motifs is 1. The fourth-order valence-electron chi connectivity index (χ4n) is 4.00. The van der Waals surface area contributed by atoms with Gasteiger partial charge in [0.05, 0.1) is 0 Å². The van der Waals surface area contributed by atoms with Crippen molar-refractivity contribution in [2.75, 3.05) is 0 Å². The monoisotopic (exact) mass is 242 g/mol. The van der Waals surface area contributed by atoms with E-state index in [1.54, 1.807) is 11.1 Å². The van der Waals surface area contributed by atoms with Gasteiger partial charge in [-0.1, -0.05) is 43.5 Å². The summed E-state index contributed by atoms with van der Waals surface area (Å²) in [5.74, 6) is 0. The van der Waals surface area contributed by atoms with Crippen LogP contribution >= 0.6 is 0 Å². The molecular weight excluding hydrogens is 216 g/mol. The third kappa shape index (κ3) is 1.66. The summed E-state index contributed by atoms with van der Waals surface area (Å²) in [5, 5.41) is 0. The van der Waals surface area contributed by atoms with E-state index in [4.69, 9.17) is 0 Å². The first-order chi connectivity index (χ1) is 8.47. The SMILES string of the molecule is CCCC1(CC)C(C)=C(C)c2cc(C)cc(C)c21. The topological polar surface area (TPSA) is 0 Å². The van der Waals surface area contributed by atoms with Crippen LogP contribution in [0.1, 0.15) is 69.2 Å². The van der Waals surface area contributed by atoms with Crippen LogP contribution in [0.5, 0.6) is 0 Å². The Bertz CT molecular complexity index is 505. The van der Waals surface area contributed by atoms with Crippen LogP contribution in [0.25, 0.3) is 5.57 Å². The average molecular weight is 242 g/mol. The third-order valence-electron chi connectivity index (χ3n) is 4.92. The van der Waals surface area contributed by atoms with Gasteiger partial charge in [0.2, 0.25) is 0 Å². The minimum atomic E-state index is 0.311. The zero-order valence-corrected chi connectivity index (χ0v) is 12.8. The Morgan fingerprint density at radius 1 is 1.00 bits per heavy atom. The van der Waals surface area contributed by atoms with E-state index in [2.05, 4.69) is 53.7 Å². The fraction of sp³-hybridized carbons (Fsp3) is 0.556. The van der Waals surface area contributed by atoms with Crippen LogP contribution in [0.15, 0.2) is 17.7 Å². The van der Waals surface area contributed by atoms with Gasteiger partial charge in [-0.25, -0.2) is 0 Å². The van der Waals surface area contributed by atoms with Crippen LogP contribution in [-0.2, 0) is 5.41 Å². The lowest BCUT2D eigenvalue weighted by molar-refractivity contribution is 0.447. The quantitative estimate of drug-likeness (QED) is 0.651. The highest BCUT2D eigenvalue weighted by Crippen LogP contribution is 2.52. The van der Waals surface area contributed by atoms with Crippen LogP contribution in [0, 0.1) is 13.8 Å². The summed E-state index contributed by atoms with van der Waals surface area (Å²) in [7, 11) is 0. The predicted octanol–water partition coefficient (Wildman–Crippen LogP) is 5.56. The molecule has 1 aliphatic rings. The van der Waals surface area contributed by atoms with Gasteiger partial charge in [0.15, 0.2) is 0 Å². The molecule has 0 saturated heterocycles. The largest absolute Gasteiger partial charge is 0.0653 e. The number of rotatable bonds is 3. The smallest absolute Gasteiger partial charge is 0.0171 e. The second-order valence-corrected chi connectivity index (χ2v) is 5.94. The van der Waals surface area contributed by atoms with Crippen molar-refractivity contribution in [2.45, 2.75) is 66.2 Å². The Morgan fingerprint density at radius 2 is 1.67 bits per heavy atom. The molecule has 0 bridgehead atoms. The first-order valence-corrected chi connectivity index (χ1v) is 7.28. The molecule has 0 aromatic heterocycles. The van der Waals surface area contributed by atoms with E-state index in [0.29, 0.717) is 5.41 Å². The molecule has 0 radical (unpaired) electrons. The Balaban J connectivity index is 2.75. The van der Waals surface area contributed by atoms with Crippen molar-refractivity contribution in [1.82, 2.24) is 0 Å². The molecule has 0 spiro atoms. The summed E-state index contributed by atoms with van der Waals surface area (Å²) in [4.78, 5) is 0. The van der Waals surface area contributed by atoms with Gasteiger partial charge in [0.25, 0.3) is 0 Å². The van der Waals surface area contributed by atoms with Crippen LogP contribution in [0.3, 0.4) is 0 Å². The van der Waals surface area contributed by atoms with E-state index in [0.717, 1.165) is 0 Å². The van der Waals surface area contributed by atoms with Gasteiger partial charge in [0.1, 0.15) is 0 Å². The molecule has 0 N–H and O–H groups in total. The van der Waals surface area contributed by atoms with Crippen molar-refractivity contribution in [3.05, 3.63) is 40.0 Å². The average Bonchev–Trinajstić information content (AvgIpc) is 2.53. The lowest BCUT2D eigenvalue weighted by Crippen LogP contribution is -2.25. The summed E-state index contributed by atoms with van der Waals surface area (Å²) in [6, 6.07) is 4.74. The van der Waals surface area contributed by atoms with E-state index in [-0.39, 0.29) is 0 Å². The number of hydrogen-bond acceptors (Lipinski definition) is 0. The Morgan fingerprint density at radius 3 is 2.22 bits per heavy atom. The van der Waals surface area contributed by atoms with Crippen molar-refractivity contribution in [2.24, 2.45) is 0 Å². The Hall–Kier alpha value is -1.04. The summed E-state index contributed by atoms with van der Waals surface area (Å²) in [5.41, 5.74) is 9.44. The molecule has 0 heterocycles. The summed E-state index contributed by atoms with van der Waals surface area (Å²) < 4.78 is 0. The van der Waals surface area contributed by atoms with E-state index in [1.165, 1.54) is 41.5 Å². The van der Waals surface area contributed by atoms with Crippen LogP contribution in [-0.4, -0.2) is 0 Å². The number of allylic oxidation sites excluding steroid dienone is 2. The zero-order chi connectivity index (χ0) is 13.5. The minimum Gasteiger partial charge on any atom is -0.0653 e. The summed E-state index contributed by atoms with van der Waals surface area (Å²) in [6.45, 7) is 13.8. The van der Waals surface area contributed by atoms with E-state index >= 15 is 0 Å². The maximum absolute atomic E-state index is 2.38. The molecule has 1 aromatic carbocycles. The van der Waals surface area contributed by atoms with Crippen LogP contribution < -0.4 is 0 Å². The zero-order valence-electron chi connectivity index (χ0n) is 12.8. The molecule has 0 saturated carbocycles. The molecule has 1 unspecified atom stereocenters. The molecule has 0 aliphatic heterocycles. The third-order valence-corrected chi connectivity index (χ3v) is 4.92. The second-order valence-electron chi connectivity index (χ2n) is 5.94. The highest BCUT2D eigenvalue weighted by molar-refractivity contribution is 5.80. The molecular formula is C18H26. The lowest BCUT2D eigenvalue weighted by Gasteiger charge is -2.33. The normalized spacial score (nSPS) is 22.6. The fourth-order valence-corrected chi connectivity index (χ4v) is 4.00. The van der Waals surface area contributed by atoms with Gasteiger partial charge in [-0.15, -0.1) is 0 Å². The Kier molecular flexibility index (Phi) is 3.40. The maximum atomic E-state index is 2.38. The molecule has 1 aromatic rings. The summed E-state index contributed by atoms with van der Waals surface area (Å²) >= 11 is 0. The van der Waals surface area contributed by atoms with Gasteiger partial charge in [-0.3, -0.25) is 0 Å². The van der Waals surface area contributed by atoms with E-state index < -0.39 is 0 Å². The molecule has 18 heavy (non-hydrogen) atoms. The minimum absolute atomic E-state index is 0.311. The van der Waals surface area contributed by atoms with Crippen molar-refractivity contribution < 1.29 is 0 Å². The first-order valence-electron chi connectivity index (χ1n) is 7.28. The van der Waals surface area contributed by atoms with Gasteiger partial charge < -0.3 is 0 Å². The van der Waals surface area contributed by atoms with Crippen molar-refractivity contribution in [3.63, 3.8) is 0 Å². The Labute approximate surface area is 112 Å². The predicted molar refractivity (Wildman–Crippen MR) is 81.1 cm³/mol.